The molecule has 1 atom stereocenters. The van der Waals surface area contributed by atoms with Crippen molar-refractivity contribution in [2.75, 3.05) is 0 Å². The number of halogens is 3. The summed E-state index contributed by atoms with van der Waals surface area (Å²) < 4.78 is 34.9. The van der Waals surface area contributed by atoms with Crippen LogP contribution in [0.4, 0.5) is 13.2 Å². The van der Waals surface area contributed by atoms with E-state index in [-0.39, 0.29) is 0 Å². The van der Waals surface area contributed by atoms with Gasteiger partial charge in [0, 0.05) is 6.08 Å². The average Bonchev–Trinajstić information content (AvgIpc) is 1.97. The summed E-state index contributed by atoms with van der Waals surface area (Å²) in [6.07, 6.45) is 0.969. The minimum absolute atomic E-state index is 0.325. The van der Waals surface area contributed by atoms with Gasteiger partial charge in [0.05, 0.1) is 0 Å². The van der Waals surface area contributed by atoms with Crippen LogP contribution in [0.15, 0.2) is 12.2 Å². The molecule has 0 aliphatic rings. The van der Waals surface area contributed by atoms with E-state index >= 15 is 0 Å². The smallest absolute Gasteiger partial charge is 0.167 e. The fourth-order valence-electron chi connectivity index (χ4n) is 1.23. The molecule has 78 valence electrons. The van der Waals surface area contributed by atoms with Gasteiger partial charge in [-0.3, -0.25) is 0 Å². The third kappa shape index (κ3) is 9.44. The molecule has 0 nitrogen and oxygen atoms in total. The van der Waals surface area contributed by atoms with Crippen molar-refractivity contribution in [3.63, 3.8) is 0 Å². The van der Waals surface area contributed by atoms with Gasteiger partial charge >= 0.3 is 6.18 Å². The molecule has 0 aliphatic heterocycles. The van der Waals surface area contributed by atoms with E-state index in [1.54, 1.807) is 0 Å². The summed E-state index contributed by atoms with van der Waals surface area (Å²) in [7, 11) is 0. The van der Waals surface area contributed by atoms with Crippen LogP contribution in [0.1, 0.15) is 39.5 Å². The van der Waals surface area contributed by atoms with Crippen molar-refractivity contribution in [1.29, 1.82) is 0 Å². The Morgan fingerprint density at radius 3 is 2.31 bits per heavy atom. The van der Waals surface area contributed by atoms with Crippen LogP contribution in [0.25, 0.3) is 0 Å². The van der Waals surface area contributed by atoms with Crippen LogP contribution >= 0.6 is 0 Å². The summed E-state index contributed by atoms with van der Waals surface area (Å²) in [6.45, 7) is 4.16. The lowest BCUT2D eigenvalue weighted by atomic mass is 10.0. The maximum atomic E-state index is 11.6. The molecule has 0 saturated heterocycles. The molecule has 0 bridgehead atoms. The fraction of sp³-hybridized carbons (Fsp3) is 0.800. The molecule has 0 saturated carbocycles. The molecule has 0 rings (SSSR count). The molecule has 0 spiro atoms. The second-order valence-corrected chi connectivity index (χ2v) is 3.42. The van der Waals surface area contributed by atoms with Crippen molar-refractivity contribution < 1.29 is 13.2 Å². The van der Waals surface area contributed by atoms with Crippen molar-refractivity contribution in [3.05, 3.63) is 12.2 Å². The second kappa shape index (κ2) is 6.06. The molecule has 0 aromatic rings. The lowest BCUT2D eigenvalue weighted by Crippen LogP contribution is -2.00. The molecule has 0 heterocycles. The van der Waals surface area contributed by atoms with Crippen LogP contribution < -0.4 is 0 Å². The average molecular weight is 194 g/mol. The zero-order valence-corrected chi connectivity index (χ0v) is 8.19. The lowest BCUT2D eigenvalue weighted by Gasteiger charge is -2.06. The first-order valence-electron chi connectivity index (χ1n) is 4.70. The first-order valence-corrected chi connectivity index (χ1v) is 4.70. The highest BCUT2D eigenvalue weighted by Gasteiger charge is 2.21. The Labute approximate surface area is 77.8 Å². The molecule has 0 fully saturated rings. The van der Waals surface area contributed by atoms with Crippen LogP contribution in [0.2, 0.25) is 0 Å². The maximum Gasteiger partial charge on any atom is 0.409 e. The van der Waals surface area contributed by atoms with Gasteiger partial charge in [-0.05, 0) is 18.8 Å². The van der Waals surface area contributed by atoms with Crippen molar-refractivity contribution in [3.8, 4) is 0 Å². The van der Waals surface area contributed by atoms with Crippen molar-refractivity contribution >= 4 is 0 Å². The van der Waals surface area contributed by atoms with Gasteiger partial charge in [0.25, 0.3) is 0 Å². The second-order valence-electron chi connectivity index (χ2n) is 3.42. The molecule has 0 aromatic carbocycles. The highest BCUT2D eigenvalue weighted by Crippen LogP contribution is 2.18. The molecular formula is C10H17F3. The topological polar surface area (TPSA) is 0 Å². The van der Waals surface area contributed by atoms with Gasteiger partial charge in [0.1, 0.15) is 0 Å². The van der Waals surface area contributed by atoms with Crippen molar-refractivity contribution in [2.24, 2.45) is 5.92 Å². The molecule has 1 unspecified atom stereocenters. The van der Waals surface area contributed by atoms with E-state index in [0.717, 1.165) is 19.3 Å². The van der Waals surface area contributed by atoms with E-state index in [9.17, 15) is 13.2 Å². The van der Waals surface area contributed by atoms with Crippen molar-refractivity contribution in [1.82, 2.24) is 0 Å². The number of allylic oxidation sites excluding steroid dienone is 2. The molecule has 0 radical (unpaired) electrons. The summed E-state index contributed by atoms with van der Waals surface area (Å²) in [4.78, 5) is 0. The standard InChI is InChI=1S/C10H17F3/c1-3-6-9(2)7-4-5-8-10(11,12)13/h5,8-9H,3-4,6-7H2,1-2H3. The van der Waals surface area contributed by atoms with Crippen LogP contribution in [-0.4, -0.2) is 6.18 Å². The Morgan fingerprint density at radius 2 is 1.85 bits per heavy atom. The number of hydrogen-bond acceptors (Lipinski definition) is 0. The molecule has 0 aliphatic carbocycles. The van der Waals surface area contributed by atoms with Gasteiger partial charge in [0.2, 0.25) is 0 Å². The zero-order chi connectivity index (χ0) is 10.3. The fourth-order valence-corrected chi connectivity index (χ4v) is 1.23. The molecular weight excluding hydrogens is 177 g/mol. The maximum absolute atomic E-state index is 11.6. The third-order valence-corrected chi connectivity index (χ3v) is 1.91. The van der Waals surface area contributed by atoms with E-state index in [2.05, 4.69) is 13.8 Å². The summed E-state index contributed by atoms with van der Waals surface area (Å²) in [5, 5.41) is 0. The minimum Gasteiger partial charge on any atom is -0.167 e. The van der Waals surface area contributed by atoms with Gasteiger partial charge in [-0.25, -0.2) is 0 Å². The highest BCUT2D eigenvalue weighted by atomic mass is 19.4. The van der Waals surface area contributed by atoms with Crippen molar-refractivity contribution in [2.45, 2.75) is 45.7 Å². The molecule has 0 N–H and O–H groups in total. The lowest BCUT2D eigenvalue weighted by molar-refractivity contribution is -0.0800. The molecule has 0 aromatic heterocycles. The highest BCUT2D eigenvalue weighted by molar-refractivity contribution is 4.88. The van der Waals surface area contributed by atoms with E-state index in [4.69, 9.17) is 0 Å². The Bertz CT molecular complexity index is 147. The predicted octanol–water partition coefficient (Wildman–Crippen LogP) is 4.32. The van der Waals surface area contributed by atoms with Crippen LogP contribution in [0.3, 0.4) is 0 Å². The van der Waals surface area contributed by atoms with Crippen LogP contribution in [-0.2, 0) is 0 Å². The first kappa shape index (κ1) is 12.5. The van der Waals surface area contributed by atoms with E-state index < -0.39 is 6.18 Å². The first-order chi connectivity index (χ1) is 5.95. The monoisotopic (exact) mass is 194 g/mol. The van der Waals surface area contributed by atoms with Gasteiger partial charge in [0.15, 0.2) is 0 Å². The SMILES string of the molecule is CCCC(C)CCC=CC(F)(F)F. The molecule has 13 heavy (non-hydrogen) atoms. The quantitative estimate of drug-likeness (QED) is 0.572. The summed E-state index contributed by atoms with van der Waals surface area (Å²) in [5.74, 6) is 0.530. The Morgan fingerprint density at radius 1 is 1.23 bits per heavy atom. The molecule has 0 amide bonds. The third-order valence-electron chi connectivity index (χ3n) is 1.91. The van der Waals surface area contributed by atoms with Gasteiger partial charge in [-0.15, -0.1) is 0 Å². The zero-order valence-electron chi connectivity index (χ0n) is 8.19. The van der Waals surface area contributed by atoms with E-state index in [0.29, 0.717) is 18.4 Å². The summed E-state index contributed by atoms with van der Waals surface area (Å²) in [6, 6.07) is 0. The number of rotatable bonds is 5. The summed E-state index contributed by atoms with van der Waals surface area (Å²) >= 11 is 0. The van der Waals surface area contributed by atoms with Gasteiger partial charge in [-0.1, -0.05) is 32.8 Å². The van der Waals surface area contributed by atoms with Crippen LogP contribution in [0, 0.1) is 5.92 Å². The van der Waals surface area contributed by atoms with E-state index in [1.807, 2.05) is 0 Å². The van der Waals surface area contributed by atoms with Crippen LogP contribution in [0.5, 0.6) is 0 Å². The van der Waals surface area contributed by atoms with Gasteiger partial charge in [-0.2, -0.15) is 13.2 Å². The largest absolute Gasteiger partial charge is 0.409 e. The number of alkyl halides is 3. The Hall–Kier alpha value is -0.470. The molecule has 3 heteroatoms. The Balaban J connectivity index is 3.50. The summed E-state index contributed by atoms with van der Waals surface area (Å²) in [5.41, 5.74) is 0. The normalized spacial score (nSPS) is 15.2. The van der Waals surface area contributed by atoms with E-state index in [1.165, 1.54) is 6.08 Å². The number of hydrogen-bond donors (Lipinski definition) is 0. The predicted molar refractivity (Wildman–Crippen MR) is 48.5 cm³/mol. The Kier molecular flexibility index (Phi) is 5.84. The van der Waals surface area contributed by atoms with Gasteiger partial charge < -0.3 is 0 Å². The minimum atomic E-state index is -4.14.